The highest BCUT2D eigenvalue weighted by Gasteiger charge is 2.37. The zero-order chi connectivity index (χ0) is 13.9. The Labute approximate surface area is 108 Å². The van der Waals surface area contributed by atoms with Gasteiger partial charge in [-0.25, -0.2) is 4.79 Å². The number of aliphatic carboxylic acids is 1. The van der Waals surface area contributed by atoms with E-state index in [4.69, 9.17) is 5.73 Å². The van der Waals surface area contributed by atoms with Crippen molar-refractivity contribution in [2.45, 2.75) is 39.7 Å². The molecule has 3 atom stereocenters. The summed E-state index contributed by atoms with van der Waals surface area (Å²) in [6, 6.07) is -0.686. The van der Waals surface area contributed by atoms with Crippen molar-refractivity contribution >= 4 is 11.9 Å². The third-order valence-corrected chi connectivity index (χ3v) is 3.81. The first-order chi connectivity index (χ1) is 8.38. The summed E-state index contributed by atoms with van der Waals surface area (Å²) in [5.41, 5.74) is 5.64. The molecule has 1 rings (SSSR count). The SMILES string of the molecule is CC1CCN(C(=O)C(CN)C(C)C)C(C(=O)O)C1. The molecule has 3 N–H and O–H groups in total. The van der Waals surface area contributed by atoms with Gasteiger partial charge in [-0.3, -0.25) is 4.79 Å². The monoisotopic (exact) mass is 256 g/mol. The van der Waals surface area contributed by atoms with Crippen LogP contribution in [0, 0.1) is 17.8 Å². The van der Waals surface area contributed by atoms with E-state index in [1.54, 1.807) is 0 Å². The highest BCUT2D eigenvalue weighted by molar-refractivity contribution is 5.85. The molecule has 5 heteroatoms. The topological polar surface area (TPSA) is 83.6 Å². The largest absolute Gasteiger partial charge is 0.480 e. The van der Waals surface area contributed by atoms with Crippen LogP contribution in [0.2, 0.25) is 0 Å². The Morgan fingerprint density at radius 3 is 2.50 bits per heavy atom. The van der Waals surface area contributed by atoms with E-state index in [-0.39, 0.29) is 24.3 Å². The molecule has 1 fully saturated rings. The molecular formula is C13H24N2O3. The van der Waals surface area contributed by atoms with Crippen molar-refractivity contribution in [3.63, 3.8) is 0 Å². The fourth-order valence-electron chi connectivity index (χ4n) is 2.51. The molecule has 0 radical (unpaired) electrons. The van der Waals surface area contributed by atoms with Crippen molar-refractivity contribution in [2.24, 2.45) is 23.5 Å². The van der Waals surface area contributed by atoms with Crippen molar-refractivity contribution in [2.75, 3.05) is 13.1 Å². The number of hydrogen-bond acceptors (Lipinski definition) is 3. The first-order valence-electron chi connectivity index (χ1n) is 6.61. The number of rotatable bonds is 4. The predicted octanol–water partition coefficient (Wildman–Crippen LogP) is 0.929. The number of carbonyl (C=O) groups is 2. The van der Waals surface area contributed by atoms with Gasteiger partial charge in [0, 0.05) is 13.1 Å². The Bertz CT molecular complexity index is 317. The maximum Gasteiger partial charge on any atom is 0.326 e. The molecule has 1 aliphatic rings. The molecule has 1 saturated heterocycles. The molecule has 5 nitrogen and oxygen atoms in total. The second kappa shape index (κ2) is 6.18. The van der Waals surface area contributed by atoms with E-state index in [9.17, 15) is 14.7 Å². The molecule has 0 aliphatic carbocycles. The van der Waals surface area contributed by atoms with E-state index in [0.29, 0.717) is 18.9 Å². The second-order valence-electron chi connectivity index (χ2n) is 5.60. The Morgan fingerprint density at radius 2 is 2.06 bits per heavy atom. The second-order valence-corrected chi connectivity index (χ2v) is 5.60. The van der Waals surface area contributed by atoms with Crippen molar-refractivity contribution in [3.05, 3.63) is 0 Å². The lowest BCUT2D eigenvalue weighted by molar-refractivity contribution is -0.155. The van der Waals surface area contributed by atoms with Gasteiger partial charge in [-0.1, -0.05) is 20.8 Å². The molecule has 0 aromatic rings. The Kier molecular flexibility index (Phi) is 5.14. The van der Waals surface area contributed by atoms with Crippen LogP contribution >= 0.6 is 0 Å². The Hall–Kier alpha value is -1.10. The molecular weight excluding hydrogens is 232 g/mol. The lowest BCUT2D eigenvalue weighted by atomic mass is 9.88. The maximum atomic E-state index is 12.4. The van der Waals surface area contributed by atoms with Crippen molar-refractivity contribution in [1.82, 2.24) is 4.90 Å². The van der Waals surface area contributed by atoms with Crippen LogP contribution in [0.25, 0.3) is 0 Å². The van der Waals surface area contributed by atoms with Crippen molar-refractivity contribution < 1.29 is 14.7 Å². The fourth-order valence-corrected chi connectivity index (χ4v) is 2.51. The highest BCUT2D eigenvalue weighted by atomic mass is 16.4. The lowest BCUT2D eigenvalue weighted by Crippen LogP contribution is -2.53. The minimum Gasteiger partial charge on any atom is -0.480 e. The molecule has 18 heavy (non-hydrogen) atoms. The summed E-state index contributed by atoms with van der Waals surface area (Å²) in [4.78, 5) is 25.2. The summed E-state index contributed by atoms with van der Waals surface area (Å²) in [6.07, 6.45) is 1.40. The molecule has 0 aromatic heterocycles. The maximum absolute atomic E-state index is 12.4. The summed E-state index contributed by atoms with van der Waals surface area (Å²) in [5.74, 6) is -0.802. The van der Waals surface area contributed by atoms with Crippen molar-refractivity contribution in [1.29, 1.82) is 0 Å². The van der Waals surface area contributed by atoms with Crippen LogP contribution in [0.1, 0.15) is 33.6 Å². The van der Waals surface area contributed by atoms with Gasteiger partial charge in [-0.05, 0) is 24.7 Å². The van der Waals surface area contributed by atoms with Gasteiger partial charge in [0.15, 0.2) is 0 Å². The zero-order valence-corrected chi connectivity index (χ0v) is 11.4. The number of piperidine rings is 1. The smallest absolute Gasteiger partial charge is 0.326 e. The number of nitrogens with two attached hydrogens (primary N) is 1. The highest BCUT2D eigenvalue weighted by Crippen LogP contribution is 2.25. The molecule has 3 unspecified atom stereocenters. The van der Waals surface area contributed by atoms with E-state index >= 15 is 0 Å². The average Bonchev–Trinajstić information content (AvgIpc) is 2.28. The van der Waals surface area contributed by atoms with Gasteiger partial charge in [-0.2, -0.15) is 0 Å². The van der Waals surface area contributed by atoms with Crippen LogP contribution in [0.3, 0.4) is 0 Å². The summed E-state index contributed by atoms with van der Waals surface area (Å²) in [5, 5.41) is 9.24. The third-order valence-electron chi connectivity index (χ3n) is 3.81. The van der Waals surface area contributed by atoms with Gasteiger partial charge in [0.2, 0.25) is 5.91 Å². The zero-order valence-electron chi connectivity index (χ0n) is 11.4. The van der Waals surface area contributed by atoms with E-state index in [1.807, 2.05) is 20.8 Å². The van der Waals surface area contributed by atoms with Crippen LogP contribution in [-0.2, 0) is 9.59 Å². The number of amides is 1. The van der Waals surface area contributed by atoms with Gasteiger partial charge in [0.05, 0.1) is 5.92 Å². The van der Waals surface area contributed by atoms with E-state index in [2.05, 4.69) is 0 Å². The first-order valence-corrected chi connectivity index (χ1v) is 6.61. The normalized spacial score (nSPS) is 26.2. The number of carboxylic acid groups (broad SMARTS) is 1. The van der Waals surface area contributed by atoms with Gasteiger partial charge < -0.3 is 15.7 Å². The fraction of sp³-hybridized carbons (Fsp3) is 0.846. The van der Waals surface area contributed by atoms with Gasteiger partial charge in [0.25, 0.3) is 0 Å². The summed E-state index contributed by atoms with van der Waals surface area (Å²) >= 11 is 0. The number of carbonyl (C=O) groups excluding carboxylic acids is 1. The molecule has 0 saturated carbocycles. The number of likely N-dealkylation sites (tertiary alicyclic amines) is 1. The predicted molar refractivity (Wildman–Crippen MR) is 68.9 cm³/mol. The molecule has 0 aromatic carbocycles. The number of hydrogen-bond donors (Lipinski definition) is 2. The van der Waals surface area contributed by atoms with Gasteiger partial charge in [-0.15, -0.1) is 0 Å². The molecule has 1 amide bonds. The minimum absolute atomic E-state index is 0.105. The van der Waals surface area contributed by atoms with Crippen LogP contribution in [0.4, 0.5) is 0 Å². The Morgan fingerprint density at radius 1 is 1.44 bits per heavy atom. The van der Waals surface area contributed by atoms with Crippen LogP contribution < -0.4 is 5.73 Å². The number of carboxylic acids is 1. The van der Waals surface area contributed by atoms with Crippen LogP contribution in [0.15, 0.2) is 0 Å². The number of nitrogens with zero attached hydrogens (tertiary/aromatic N) is 1. The summed E-state index contributed by atoms with van der Waals surface area (Å²) in [6.45, 7) is 6.71. The van der Waals surface area contributed by atoms with Crippen molar-refractivity contribution in [3.8, 4) is 0 Å². The third kappa shape index (κ3) is 3.22. The van der Waals surface area contributed by atoms with E-state index in [0.717, 1.165) is 6.42 Å². The van der Waals surface area contributed by atoms with E-state index < -0.39 is 12.0 Å². The lowest BCUT2D eigenvalue weighted by Gasteiger charge is -2.38. The molecule has 1 aliphatic heterocycles. The molecule has 0 bridgehead atoms. The van der Waals surface area contributed by atoms with Gasteiger partial charge >= 0.3 is 5.97 Å². The standard InChI is InChI=1S/C13H24N2O3/c1-8(2)10(7-14)12(16)15-5-4-9(3)6-11(15)13(17)18/h8-11H,4-7,14H2,1-3H3,(H,17,18). The average molecular weight is 256 g/mol. The minimum atomic E-state index is -0.908. The van der Waals surface area contributed by atoms with E-state index in [1.165, 1.54) is 4.90 Å². The Balaban J connectivity index is 2.84. The quantitative estimate of drug-likeness (QED) is 0.783. The summed E-state index contributed by atoms with van der Waals surface area (Å²) in [7, 11) is 0. The van der Waals surface area contributed by atoms with Crippen LogP contribution in [-0.4, -0.2) is 41.0 Å². The molecule has 0 spiro atoms. The van der Waals surface area contributed by atoms with Crippen LogP contribution in [0.5, 0.6) is 0 Å². The summed E-state index contributed by atoms with van der Waals surface area (Å²) < 4.78 is 0. The molecule has 1 heterocycles. The van der Waals surface area contributed by atoms with Gasteiger partial charge in [0.1, 0.15) is 6.04 Å². The first kappa shape index (κ1) is 15.0. The molecule has 104 valence electrons.